The number of carbonyl (C=O) groups is 2. The predicted octanol–water partition coefficient (Wildman–Crippen LogP) is 3.39. The van der Waals surface area contributed by atoms with Crippen LogP contribution in [0.2, 0.25) is 0 Å². The van der Waals surface area contributed by atoms with E-state index >= 15 is 0 Å². The zero-order valence-corrected chi connectivity index (χ0v) is 21.1. The summed E-state index contributed by atoms with van der Waals surface area (Å²) in [6, 6.07) is 5.93. The largest absolute Gasteiger partial charge is 0.444 e. The Hall–Kier alpha value is -2.29. The van der Waals surface area contributed by atoms with Crippen LogP contribution in [0, 0.1) is 11.7 Å². The number of rotatable bonds is 6. The van der Waals surface area contributed by atoms with E-state index in [1.807, 2.05) is 31.7 Å². The summed E-state index contributed by atoms with van der Waals surface area (Å²) in [5.41, 5.74) is 0.789. The Morgan fingerprint density at radius 3 is 2.43 bits per heavy atom. The lowest BCUT2D eigenvalue weighted by atomic mass is 9.92. The first-order valence-corrected chi connectivity index (χ1v) is 12.7. The Morgan fingerprint density at radius 2 is 1.80 bits per heavy atom. The standard InChI is InChI=1S/C27H38FN3O4/c1-27(2,3)35-26(34)30-16-14-29(15-17-30)12-10-20-18-31(13-11-23(20)32)24(25(33)19-8-9-19)21-6-4-5-7-22(21)28/h4-7,10,19,23-24,32H,8-9,11-18H2,1-3H3/b20-10+. The van der Waals surface area contributed by atoms with E-state index in [2.05, 4.69) is 4.90 Å². The molecule has 1 aliphatic carbocycles. The van der Waals surface area contributed by atoms with Gasteiger partial charge in [0.2, 0.25) is 0 Å². The van der Waals surface area contributed by atoms with Crippen LogP contribution in [-0.2, 0) is 9.53 Å². The predicted molar refractivity (Wildman–Crippen MR) is 131 cm³/mol. The molecule has 2 heterocycles. The second-order valence-electron chi connectivity index (χ2n) is 10.9. The van der Waals surface area contributed by atoms with Gasteiger partial charge in [-0.25, -0.2) is 9.18 Å². The fraction of sp³-hybridized carbons (Fsp3) is 0.630. The first-order valence-electron chi connectivity index (χ1n) is 12.7. The minimum Gasteiger partial charge on any atom is -0.444 e. The van der Waals surface area contributed by atoms with E-state index in [-0.39, 0.29) is 23.6 Å². The number of benzene rings is 1. The summed E-state index contributed by atoms with van der Waals surface area (Å²) in [6.45, 7) is 9.87. The van der Waals surface area contributed by atoms with Crippen molar-refractivity contribution < 1.29 is 23.8 Å². The van der Waals surface area contributed by atoms with Crippen molar-refractivity contribution >= 4 is 11.9 Å². The van der Waals surface area contributed by atoms with Gasteiger partial charge in [-0.15, -0.1) is 0 Å². The van der Waals surface area contributed by atoms with Crippen molar-refractivity contribution in [2.75, 3.05) is 45.8 Å². The SMILES string of the molecule is CC(C)(C)OC(=O)N1CCN(C/C=C2\CN(C(C(=O)C3CC3)c3ccccc3F)CCC2O)CC1. The number of piperidine rings is 1. The van der Waals surface area contributed by atoms with Crippen molar-refractivity contribution in [1.29, 1.82) is 0 Å². The third kappa shape index (κ3) is 6.68. The third-order valence-corrected chi connectivity index (χ3v) is 6.95. The minimum absolute atomic E-state index is 0.0140. The van der Waals surface area contributed by atoms with E-state index in [9.17, 15) is 19.1 Å². The van der Waals surface area contributed by atoms with Gasteiger partial charge in [-0.1, -0.05) is 24.3 Å². The van der Waals surface area contributed by atoms with Crippen molar-refractivity contribution in [3.63, 3.8) is 0 Å². The summed E-state index contributed by atoms with van der Waals surface area (Å²) < 4.78 is 20.2. The second-order valence-corrected chi connectivity index (χ2v) is 10.9. The molecule has 3 aliphatic rings. The monoisotopic (exact) mass is 487 g/mol. The summed E-state index contributed by atoms with van der Waals surface area (Å²) in [5, 5.41) is 10.7. The Balaban J connectivity index is 1.39. The van der Waals surface area contributed by atoms with Crippen molar-refractivity contribution in [2.24, 2.45) is 5.92 Å². The average molecular weight is 488 g/mol. The summed E-state index contributed by atoms with van der Waals surface area (Å²) >= 11 is 0. The number of halogens is 1. The molecule has 1 N–H and O–H groups in total. The van der Waals surface area contributed by atoms with Crippen LogP contribution < -0.4 is 0 Å². The van der Waals surface area contributed by atoms with Crippen LogP contribution in [-0.4, -0.2) is 89.2 Å². The summed E-state index contributed by atoms with van der Waals surface area (Å²) in [6.07, 6.45) is 3.46. The number of nitrogens with zero attached hydrogens (tertiary/aromatic N) is 3. The van der Waals surface area contributed by atoms with Gasteiger partial charge in [0.05, 0.1) is 12.1 Å². The highest BCUT2D eigenvalue weighted by Crippen LogP contribution is 2.39. The van der Waals surface area contributed by atoms with Crippen molar-refractivity contribution in [2.45, 2.75) is 57.8 Å². The minimum atomic E-state index is -0.614. The third-order valence-electron chi connectivity index (χ3n) is 6.95. The van der Waals surface area contributed by atoms with E-state index in [0.29, 0.717) is 44.7 Å². The number of carbonyl (C=O) groups excluding carboxylic acids is 2. The average Bonchev–Trinajstić information content (AvgIpc) is 3.65. The van der Waals surface area contributed by atoms with Crippen molar-refractivity contribution in [1.82, 2.24) is 14.7 Å². The zero-order chi connectivity index (χ0) is 25.2. The topological polar surface area (TPSA) is 73.3 Å². The summed E-state index contributed by atoms with van der Waals surface area (Å²) in [5.74, 6) is -0.254. The van der Waals surface area contributed by atoms with E-state index in [0.717, 1.165) is 31.5 Å². The van der Waals surface area contributed by atoms with Gasteiger partial charge in [-0.3, -0.25) is 14.6 Å². The summed E-state index contributed by atoms with van der Waals surface area (Å²) in [4.78, 5) is 31.5. The molecule has 1 saturated carbocycles. The first kappa shape index (κ1) is 25.8. The Morgan fingerprint density at radius 1 is 1.11 bits per heavy atom. The van der Waals surface area contributed by atoms with Gasteiger partial charge in [0.1, 0.15) is 11.4 Å². The lowest BCUT2D eigenvalue weighted by Crippen LogP contribution is -2.50. The summed E-state index contributed by atoms with van der Waals surface area (Å²) in [7, 11) is 0. The van der Waals surface area contributed by atoms with Gasteiger partial charge >= 0.3 is 6.09 Å². The highest BCUT2D eigenvalue weighted by atomic mass is 19.1. The quantitative estimate of drug-likeness (QED) is 0.620. The molecule has 0 bridgehead atoms. The number of ether oxygens (including phenoxy) is 1. The lowest BCUT2D eigenvalue weighted by molar-refractivity contribution is -0.126. The molecule has 1 aromatic rings. The van der Waals surface area contributed by atoms with E-state index in [4.69, 9.17) is 4.74 Å². The van der Waals surface area contributed by atoms with Crippen molar-refractivity contribution in [3.05, 3.63) is 47.3 Å². The van der Waals surface area contributed by atoms with Crippen LogP contribution in [0.5, 0.6) is 0 Å². The number of piperazine rings is 1. The molecule has 2 unspecified atom stereocenters. The Kier molecular flexibility index (Phi) is 7.93. The second kappa shape index (κ2) is 10.8. The smallest absolute Gasteiger partial charge is 0.410 e. The van der Waals surface area contributed by atoms with Gasteiger partial charge in [-0.05, 0) is 51.7 Å². The van der Waals surface area contributed by atoms with Gasteiger partial charge < -0.3 is 14.7 Å². The number of Topliss-reactive ketones (excluding diaryl/α,β-unsaturated/α-hetero) is 1. The maximum Gasteiger partial charge on any atom is 0.410 e. The molecule has 2 atom stereocenters. The molecular weight excluding hydrogens is 449 g/mol. The number of hydrogen-bond acceptors (Lipinski definition) is 6. The fourth-order valence-corrected chi connectivity index (χ4v) is 4.82. The van der Waals surface area contributed by atoms with Crippen LogP contribution >= 0.6 is 0 Å². The molecule has 0 spiro atoms. The molecule has 4 rings (SSSR count). The molecule has 2 aliphatic heterocycles. The van der Waals surface area contributed by atoms with Crippen LogP contribution in [0.1, 0.15) is 51.6 Å². The molecular formula is C27H38FN3O4. The molecule has 2 saturated heterocycles. The molecule has 0 aromatic heterocycles. The normalized spacial score (nSPS) is 24.4. The maximum absolute atomic E-state index is 14.7. The number of ketones is 1. The van der Waals surface area contributed by atoms with Crippen molar-refractivity contribution in [3.8, 4) is 0 Å². The molecule has 1 aromatic carbocycles. The fourth-order valence-electron chi connectivity index (χ4n) is 4.82. The van der Waals surface area contributed by atoms with E-state index < -0.39 is 17.7 Å². The zero-order valence-electron chi connectivity index (χ0n) is 21.1. The van der Waals surface area contributed by atoms with Gasteiger partial charge in [0.15, 0.2) is 5.78 Å². The van der Waals surface area contributed by atoms with E-state index in [1.165, 1.54) is 6.07 Å². The first-order chi connectivity index (χ1) is 16.6. The molecule has 192 valence electrons. The number of amides is 1. The van der Waals surface area contributed by atoms with Crippen LogP contribution in [0.15, 0.2) is 35.9 Å². The highest BCUT2D eigenvalue weighted by molar-refractivity contribution is 5.89. The Labute approximate surface area is 207 Å². The lowest BCUT2D eigenvalue weighted by Gasteiger charge is -2.38. The molecule has 8 heteroatoms. The molecule has 0 radical (unpaired) electrons. The van der Waals surface area contributed by atoms with Crippen LogP contribution in [0.4, 0.5) is 9.18 Å². The molecule has 7 nitrogen and oxygen atoms in total. The van der Waals surface area contributed by atoms with E-state index in [1.54, 1.807) is 23.1 Å². The van der Waals surface area contributed by atoms with Crippen LogP contribution in [0.3, 0.4) is 0 Å². The highest BCUT2D eigenvalue weighted by Gasteiger charge is 2.41. The maximum atomic E-state index is 14.7. The Bertz CT molecular complexity index is 948. The molecule has 35 heavy (non-hydrogen) atoms. The van der Waals surface area contributed by atoms with Crippen LogP contribution in [0.25, 0.3) is 0 Å². The number of hydrogen-bond donors (Lipinski definition) is 1. The number of aliphatic hydroxyl groups is 1. The van der Waals surface area contributed by atoms with Gasteiger partial charge in [-0.2, -0.15) is 0 Å². The molecule has 3 fully saturated rings. The molecule has 1 amide bonds. The van der Waals surface area contributed by atoms with Gasteiger partial charge in [0, 0.05) is 57.3 Å². The van der Waals surface area contributed by atoms with Gasteiger partial charge in [0.25, 0.3) is 0 Å². The number of aliphatic hydroxyl groups excluding tert-OH is 1. The number of likely N-dealkylation sites (tertiary alicyclic amines) is 1.